The Bertz CT molecular complexity index is 436. The van der Waals surface area contributed by atoms with Crippen molar-refractivity contribution in [3.63, 3.8) is 0 Å². The van der Waals surface area contributed by atoms with Crippen molar-refractivity contribution in [2.24, 2.45) is 0 Å². The number of aliphatic hydroxyl groups is 1. The molecular formula is C13H15NO2. The summed E-state index contributed by atoms with van der Waals surface area (Å²) in [7, 11) is 0. The molecule has 0 saturated heterocycles. The van der Waals surface area contributed by atoms with E-state index in [1.807, 2.05) is 18.2 Å². The third kappa shape index (κ3) is 2.49. The summed E-state index contributed by atoms with van der Waals surface area (Å²) >= 11 is 0. The Hall–Kier alpha value is -1.61. The molecule has 0 amide bonds. The first-order valence-corrected chi connectivity index (χ1v) is 5.38. The highest BCUT2D eigenvalue weighted by Gasteiger charge is 2.12. The topological polar surface area (TPSA) is 46.3 Å². The predicted octanol–water partition coefficient (Wildman–Crippen LogP) is 2.51. The van der Waals surface area contributed by atoms with Crippen molar-refractivity contribution in [2.75, 3.05) is 0 Å². The molecule has 0 bridgehead atoms. The van der Waals surface area contributed by atoms with E-state index in [1.165, 1.54) is 11.8 Å². The highest BCUT2D eigenvalue weighted by atomic mass is 16.3. The standard InChI is InChI=1S/C13H15NO2/c1-10(7-11-5-3-2-4-6-11)13-14-12(8-15)9-16-13/h2-6,9-10,15H,7-8H2,1H3/t10-/m0/s1. The van der Waals surface area contributed by atoms with E-state index in [4.69, 9.17) is 9.52 Å². The van der Waals surface area contributed by atoms with Crippen LogP contribution in [0.25, 0.3) is 0 Å². The Labute approximate surface area is 94.8 Å². The number of aromatic nitrogens is 1. The van der Waals surface area contributed by atoms with Crippen LogP contribution in [0.1, 0.15) is 30.0 Å². The van der Waals surface area contributed by atoms with Crippen molar-refractivity contribution >= 4 is 0 Å². The average molecular weight is 217 g/mol. The molecular weight excluding hydrogens is 202 g/mol. The molecule has 1 N–H and O–H groups in total. The zero-order valence-electron chi connectivity index (χ0n) is 9.26. The van der Waals surface area contributed by atoms with Crippen molar-refractivity contribution in [2.45, 2.75) is 25.9 Å². The first-order chi connectivity index (χ1) is 7.79. The van der Waals surface area contributed by atoms with Crippen LogP contribution >= 0.6 is 0 Å². The molecule has 0 fully saturated rings. The molecule has 3 nitrogen and oxygen atoms in total. The highest BCUT2D eigenvalue weighted by molar-refractivity contribution is 5.17. The van der Waals surface area contributed by atoms with E-state index in [1.54, 1.807) is 0 Å². The van der Waals surface area contributed by atoms with Gasteiger partial charge in [-0.15, -0.1) is 0 Å². The molecule has 0 spiro atoms. The summed E-state index contributed by atoms with van der Waals surface area (Å²) in [4.78, 5) is 4.21. The van der Waals surface area contributed by atoms with Crippen LogP contribution in [0.3, 0.4) is 0 Å². The van der Waals surface area contributed by atoms with E-state index in [-0.39, 0.29) is 12.5 Å². The zero-order valence-corrected chi connectivity index (χ0v) is 9.26. The smallest absolute Gasteiger partial charge is 0.197 e. The number of benzene rings is 1. The van der Waals surface area contributed by atoms with Crippen LogP contribution in [0, 0.1) is 0 Å². The number of oxazole rings is 1. The Morgan fingerprint density at radius 3 is 2.69 bits per heavy atom. The quantitative estimate of drug-likeness (QED) is 0.855. The molecule has 0 saturated carbocycles. The zero-order chi connectivity index (χ0) is 11.4. The van der Waals surface area contributed by atoms with Gasteiger partial charge in [-0.3, -0.25) is 0 Å². The summed E-state index contributed by atoms with van der Waals surface area (Å²) in [6.07, 6.45) is 2.41. The minimum atomic E-state index is -0.0679. The summed E-state index contributed by atoms with van der Waals surface area (Å²) < 4.78 is 5.32. The molecule has 1 aromatic carbocycles. The second-order valence-electron chi connectivity index (χ2n) is 3.93. The lowest BCUT2D eigenvalue weighted by molar-refractivity contribution is 0.276. The molecule has 3 heteroatoms. The fourth-order valence-corrected chi connectivity index (χ4v) is 1.68. The maximum Gasteiger partial charge on any atom is 0.197 e. The number of rotatable bonds is 4. The lowest BCUT2D eigenvalue weighted by atomic mass is 10.0. The summed E-state index contributed by atoms with van der Waals surface area (Å²) in [5, 5.41) is 8.90. The number of nitrogens with zero attached hydrogens (tertiary/aromatic N) is 1. The van der Waals surface area contributed by atoms with Gasteiger partial charge in [0.1, 0.15) is 12.0 Å². The van der Waals surface area contributed by atoms with Gasteiger partial charge < -0.3 is 9.52 Å². The molecule has 16 heavy (non-hydrogen) atoms. The van der Waals surface area contributed by atoms with Crippen LogP contribution < -0.4 is 0 Å². The molecule has 2 rings (SSSR count). The van der Waals surface area contributed by atoms with Crippen LogP contribution in [0.4, 0.5) is 0 Å². The Balaban J connectivity index is 2.05. The van der Waals surface area contributed by atoms with Crippen molar-refractivity contribution in [3.05, 3.63) is 53.7 Å². The molecule has 0 aliphatic heterocycles. The summed E-state index contributed by atoms with van der Waals surface area (Å²) in [5.74, 6) is 0.913. The Morgan fingerprint density at radius 2 is 2.06 bits per heavy atom. The molecule has 0 aliphatic carbocycles. The third-order valence-electron chi connectivity index (χ3n) is 2.54. The molecule has 1 heterocycles. The van der Waals surface area contributed by atoms with Gasteiger partial charge in [-0.05, 0) is 12.0 Å². The molecule has 0 unspecified atom stereocenters. The molecule has 84 valence electrons. The van der Waals surface area contributed by atoms with Crippen molar-refractivity contribution in [3.8, 4) is 0 Å². The van der Waals surface area contributed by atoms with Gasteiger partial charge in [0.05, 0.1) is 6.61 Å². The second-order valence-corrected chi connectivity index (χ2v) is 3.93. The van der Waals surface area contributed by atoms with Gasteiger partial charge in [0.25, 0.3) is 0 Å². The van der Waals surface area contributed by atoms with E-state index >= 15 is 0 Å². The van der Waals surface area contributed by atoms with Crippen LogP contribution in [0.5, 0.6) is 0 Å². The lowest BCUT2D eigenvalue weighted by Gasteiger charge is -2.06. The Kier molecular flexibility index (Phi) is 3.37. The first-order valence-electron chi connectivity index (χ1n) is 5.38. The predicted molar refractivity (Wildman–Crippen MR) is 61.0 cm³/mol. The molecule has 0 aliphatic rings. The Morgan fingerprint density at radius 1 is 1.31 bits per heavy atom. The molecule has 1 aromatic heterocycles. The van der Waals surface area contributed by atoms with Gasteiger partial charge in [0, 0.05) is 5.92 Å². The van der Waals surface area contributed by atoms with Gasteiger partial charge in [-0.1, -0.05) is 37.3 Å². The molecule has 2 aromatic rings. The fraction of sp³-hybridized carbons (Fsp3) is 0.308. The highest BCUT2D eigenvalue weighted by Crippen LogP contribution is 2.19. The summed E-state index contributed by atoms with van der Waals surface area (Å²) in [6.45, 7) is 2.00. The normalized spacial score (nSPS) is 12.6. The SMILES string of the molecule is C[C@@H](Cc1ccccc1)c1nc(CO)co1. The monoisotopic (exact) mass is 217 g/mol. The van der Waals surface area contributed by atoms with Gasteiger partial charge in [0.2, 0.25) is 0 Å². The summed E-state index contributed by atoms with van der Waals surface area (Å²) in [6, 6.07) is 10.2. The number of hydrogen-bond acceptors (Lipinski definition) is 3. The van der Waals surface area contributed by atoms with E-state index in [9.17, 15) is 0 Å². The maximum absolute atomic E-state index is 8.90. The maximum atomic E-state index is 8.90. The lowest BCUT2D eigenvalue weighted by Crippen LogP contribution is -1.99. The van der Waals surface area contributed by atoms with E-state index < -0.39 is 0 Å². The number of hydrogen-bond donors (Lipinski definition) is 1. The van der Waals surface area contributed by atoms with Gasteiger partial charge in [-0.2, -0.15) is 0 Å². The van der Waals surface area contributed by atoms with E-state index in [2.05, 4.69) is 24.0 Å². The minimum Gasteiger partial charge on any atom is -0.448 e. The van der Waals surface area contributed by atoms with Gasteiger partial charge in [-0.25, -0.2) is 4.98 Å². The van der Waals surface area contributed by atoms with Crippen LogP contribution in [-0.2, 0) is 13.0 Å². The fourth-order valence-electron chi connectivity index (χ4n) is 1.68. The van der Waals surface area contributed by atoms with Crippen LogP contribution in [0.2, 0.25) is 0 Å². The van der Waals surface area contributed by atoms with Gasteiger partial charge in [0.15, 0.2) is 5.89 Å². The number of aliphatic hydroxyl groups excluding tert-OH is 1. The average Bonchev–Trinajstić information content (AvgIpc) is 2.79. The van der Waals surface area contributed by atoms with Crippen molar-refractivity contribution in [1.29, 1.82) is 0 Å². The molecule has 0 radical (unpaired) electrons. The second kappa shape index (κ2) is 4.94. The van der Waals surface area contributed by atoms with Crippen molar-refractivity contribution < 1.29 is 9.52 Å². The minimum absolute atomic E-state index is 0.0679. The third-order valence-corrected chi connectivity index (χ3v) is 2.54. The first kappa shape index (κ1) is 10.9. The van der Waals surface area contributed by atoms with Crippen LogP contribution in [-0.4, -0.2) is 10.1 Å². The van der Waals surface area contributed by atoms with Gasteiger partial charge >= 0.3 is 0 Å². The van der Waals surface area contributed by atoms with E-state index in [0.717, 1.165) is 6.42 Å². The van der Waals surface area contributed by atoms with Crippen LogP contribution in [0.15, 0.2) is 41.0 Å². The van der Waals surface area contributed by atoms with Crippen molar-refractivity contribution in [1.82, 2.24) is 4.98 Å². The molecule has 1 atom stereocenters. The largest absolute Gasteiger partial charge is 0.448 e. The van der Waals surface area contributed by atoms with E-state index in [0.29, 0.717) is 11.6 Å². The summed E-state index contributed by atoms with van der Waals surface area (Å²) in [5.41, 5.74) is 1.86.